The second-order valence-corrected chi connectivity index (χ2v) is 8.72. The number of benzene rings is 2. The van der Waals surface area contributed by atoms with Crippen LogP contribution >= 0.6 is 0 Å². The fraction of sp³-hybridized carbons (Fsp3) is 0.500. The summed E-state index contributed by atoms with van der Waals surface area (Å²) in [5.74, 6) is 0.335. The largest absolute Gasteiger partial charge is 0.508 e. The fourth-order valence-electron chi connectivity index (χ4n) is 3.43. The Kier molecular flexibility index (Phi) is 6.68. The maximum Gasteiger partial charge on any atom is 0.330 e. The van der Waals surface area contributed by atoms with Crippen LogP contribution in [-0.4, -0.2) is 28.9 Å². The summed E-state index contributed by atoms with van der Waals surface area (Å²) in [6.45, 7) is 13.6. The predicted octanol–water partition coefficient (Wildman–Crippen LogP) is 4.62. The zero-order chi connectivity index (χ0) is 21.2. The van der Waals surface area contributed by atoms with Gasteiger partial charge in [0.05, 0.1) is 11.2 Å². The zero-order valence-electron chi connectivity index (χ0n) is 18.3. The molecule has 0 bridgehead atoms. The van der Waals surface area contributed by atoms with E-state index in [0.717, 1.165) is 23.9 Å². The van der Waals surface area contributed by atoms with Crippen LogP contribution in [0, 0.1) is 6.92 Å². The second kappa shape index (κ2) is 8.30. The van der Waals surface area contributed by atoms with Crippen molar-refractivity contribution >= 4 is 12.9 Å². The zero-order valence-corrected chi connectivity index (χ0v) is 18.3. The van der Waals surface area contributed by atoms with Crippen molar-refractivity contribution in [1.29, 1.82) is 0 Å². The van der Waals surface area contributed by atoms with Gasteiger partial charge in [0.25, 0.3) is 0 Å². The van der Waals surface area contributed by atoms with E-state index in [-0.39, 0.29) is 5.41 Å². The Labute approximate surface area is 171 Å². The molecule has 0 fully saturated rings. The van der Waals surface area contributed by atoms with Crippen LogP contribution < -0.4 is 5.46 Å². The third-order valence-electron chi connectivity index (χ3n) is 6.38. The highest BCUT2D eigenvalue weighted by molar-refractivity contribution is 6.47. The summed E-state index contributed by atoms with van der Waals surface area (Å²) in [4.78, 5) is 0. The van der Waals surface area contributed by atoms with E-state index in [9.17, 15) is 10.2 Å². The Hall–Kier alpha value is -1.78. The molecule has 0 aromatic heterocycles. The molecule has 3 nitrogen and oxygen atoms in total. The summed E-state index contributed by atoms with van der Waals surface area (Å²) in [5, 5.41) is 20.2. The van der Waals surface area contributed by atoms with Gasteiger partial charge in [0.1, 0.15) is 5.75 Å². The molecule has 0 saturated heterocycles. The number of aliphatic hydroxyl groups is 1. The number of hydrogen-bond donors (Lipinski definition) is 2. The molecule has 0 aliphatic rings. The third-order valence-corrected chi connectivity index (χ3v) is 6.38. The van der Waals surface area contributed by atoms with Gasteiger partial charge in [0.2, 0.25) is 0 Å². The van der Waals surface area contributed by atoms with Crippen molar-refractivity contribution in [3.63, 3.8) is 0 Å². The van der Waals surface area contributed by atoms with Gasteiger partial charge in [-0.25, -0.2) is 0 Å². The van der Waals surface area contributed by atoms with Gasteiger partial charge in [0.15, 0.2) is 0 Å². The Morgan fingerprint density at radius 2 is 1.43 bits per heavy atom. The summed E-state index contributed by atoms with van der Waals surface area (Å²) in [6.07, 6.45) is 1.94. The third kappa shape index (κ3) is 4.44. The molecule has 4 heteroatoms. The van der Waals surface area contributed by atoms with Gasteiger partial charge in [-0.3, -0.25) is 0 Å². The lowest BCUT2D eigenvalue weighted by Gasteiger charge is -2.37. The lowest BCUT2D eigenvalue weighted by atomic mass is 9.69. The normalized spacial score (nSPS) is 12.9. The maximum atomic E-state index is 10.2. The Balaban J connectivity index is 2.29. The number of aryl methyl sites for hydroxylation is 1. The molecule has 2 aromatic rings. The first kappa shape index (κ1) is 22.5. The molecule has 1 radical (unpaired) electrons. The quantitative estimate of drug-likeness (QED) is 0.656. The highest BCUT2D eigenvalue weighted by Gasteiger charge is 2.36. The Bertz CT molecular complexity index is 784. The summed E-state index contributed by atoms with van der Waals surface area (Å²) >= 11 is 0. The molecule has 0 unspecified atom stereocenters. The van der Waals surface area contributed by atoms with Crippen molar-refractivity contribution in [2.75, 3.05) is 0 Å². The maximum absolute atomic E-state index is 10.2. The molecule has 0 amide bonds. The summed E-state index contributed by atoms with van der Waals surface area (Å²) in [6, 6.07) is 14.3. The predicted molar refractivity (Wildman–Crippen MR) is 117 cm³/mol. The van der Waals surface area contributed by atoms with E-state index in [1.165, 1.54) is 11.1 Å². The molecule has 0 aliphatic carbocycles. The van der Waals surface area contributed by atoms with Crippen molar-refractivity contribution in [2.24, 2.45) is 0 Å². The monoisotopic (exact) mass is 381 g/mol. The van der Waals surface area contributed by atoms with Gasteiger partial charge in [0, 0.05) is 5.41 Å². The van der Waals surface area contributed by atoms with Crippen LogP contribution in [0.3, 0.4) is 0 Å². The molecule has 0 aliphatic heterocycles. The van der Waals surface area contributed by atoms with Crippen LogP contribution in [0.2, 0.25) is 0 Å². The van der Waals surface area contributed by atoms with E-state index in [1.807, 2.05) is 26.8 Å². The van der Waals surface area contributed by atoms with E-state index in [1.54, 1.807) is 27.4 Å². The second-order valence-electron chi connectivity index (χ2n) is 8.72. The molecule has 2 aromatic carbocycles. The molecule has 151 valence electrons. The lowest BCUT2D eigenvalue weighted by molar-refractivity contribution is -0.0893. The highest BCUT2D eigenvalue weighted by atomic mass is 16.5. The Morgan fingerprint density at radius 3 is 1.89 bits per heavy atom. The van der Waals surface area contributed by atoms with Crippen LogP contribution in [0.5, 0.6) is 5.75 Å². The van der Waals surface area contributed by atoms with Gasteiger partial charge < -0.3 is 14.9 Å². The summed E-state index contributed by atoms with van der Waals surface area (Å²) < 4.78 is 5.87. The molecule has 0 saturated carbocycles. The first-order valence-electron chi connectivity index (χ1n) is 10.1. The fourth-order valence-corrected chi connectivity index (χ4v) is 3.43. The number of aromatic hydroxyl groups is 1. The van der Waals surface area contributed by atoms with Crippen LogP contribution in [0.1, 0.15) is 71.1 Å². The van der Waals surface area contributed by atoms with E-state index < -0.39 is 11.2 Å². The number of phenolic OH excluding ortho intramolecular Hbond substituents is 1. The summed E-state index contributed by atoms with van der Waals surface area (Å²) in [7, 11) is 1.71. The van der Waals surface area contributed by atoms with Crippen molar-refractivity contribution in [3.8, 4) is 5.75 Å². The van der Waals surface area contributed by atoms with Crippen LogP contribution in [0.15, 0.2) is 42.5 Å². The summed E-state index contributed by atoms with van der Waals surface area (Å²) in [5.41, 5.74) is 2.61. The first-order chi connectivity index (χ1) is 13.0. The topological polar surface area (TPSA) is 49.7 Å². The Morgan fingerprint density at radius 1 is 0.893 bits per heavy atom. The van der Waals surface area contributed by atoms with E-state index in [4.69, 9.17) is 4.65 Å². The van der Waals surface area contributed by atoms with Gasteiger partial charge in [-0.2, -0.15) is 0 Å². The minimum atomic E-state index is -0.945. The van der Waals surface area contributed by atoms with Crippen molar-refractivity contribution < 1.29 is 14.9 Å². The molecule has 2 N–H and O–H groups in total. The molecule has 0 heterocycles. The standard InChI is InChI=1S/C24H34BO3/c1-8-24(9-2,19-12-15-21(26)17(3)16-19)18-10-13-20(14-11-18)25-28-23(6,7)22(4,5)27/h10-16,26-27H,8-9H2,1-7H3. The smallest absolute Gasteiger partial charge is 0.330 e. The molecule has 0 spiro atoms. The number of phenols is 1. The van der Waals surface area contributed by atoms with Crippen LogP contribution in [0.4, 0.5) is 0 Å². The molecule has 28 heavy (non-hydrogen) atoms. The van der Waals surface area contributed by atoms with E-state index in [0.29, 0.717) is 5.75 Å². The average Bonchev–Trinajstić information content (AvgIpc) is 2.64. The SMILES string of the molecule is CCC(CC)(c1ccc([B]OC(C)(C)C(C)(C)O)cc1)c1ccc(O)c(C)c1. The number of hydrogen-bond acceptors (Lipinski definition) is 3. The average molecular weight is 381 g/mol. The molecule has 2 rings (SSSR count). The highest BCUT2D eigenvalue weighted by Crippen LogP contribution is 2.39. The number of rotatable bonds is 8. The van der Waals surface area contributed by atoms with Crippen molar-refractivity contribution in [2.45, 2.75) is 77.9 Å². The van der Waals surface area contributed by atoms with Crippen LogP contribution in [0.25, 0.3) is 0 Å². The minimum Gasteiger partial charge on any atom is -0.508 e. The first-order valence-corrected chi connectivity index (χ1v) is 10.1. The van der Waals surface area contributed by atoms with Crippen LogP contribution in [-0.2, 0) is 10.1 Å². The lowest BCUT2D eigenvalue weighted by Crippen LogP contribution is -2.49. The molecular formula is C24H34BO3. The molecule has 0 atom stereocenters. The van der Waals surface area contributed by atoms with Crippen molar-refractivity contribution in [3.05, 3.63) is 59.2 Å². The van der Waals surface area contributed by atoms with E-state index >= 15 is 0 Å². The van der Waals surface area contributed by atoms with E-state index in [2.05, 4.69) is 44.2 Å². The van der Waals surface area contributed by atoms with Gasteiger partial charge in [-0.15, -0.1) is 0 Å². The minimum absolute atomic E-state index is 0.0930. The van der Waals surface area contributed by atoms with Gasteiger partial charge >= 0.3 is 7.48 Å². The molecular weight excluding hydrogens is 347 g/mol. The van der Waals surface area contributed by atoms with Gasteiger partial charge in [-0.05, 0) is 70.2 Å². The van der Waals surface area contributed by atoms with Gasteiger partial charge in [-0.1, -0.05) is 55.7 Å². The van der Waals surface area contributed by atoms with Crippen molar-refractivity contribution in [1.82, 2.24) is 0 Å².